The normalized spacial score (nSPS) is 9.38. The Morgan fingerprint density at radius 1 is 1.54 bits per heavy atom. The third-order valence-corrected chi connectivity index (χ3v) is 1.57. The molecule has 4 heteroatoms. The van der Waals surface area contributed by atoms with Crippen molar-refractivity contribution in [3.05, 3.63) is 23.8 Å². The minimum absolute atomic E-state index is 0.149. The van der Waals surface area contributed by atoms with Gasteiger partial charge in [0.2, 0.25) is 5.91 Å². The lowest BCUT2D eigenvalue weighted by Gasteiger charge is -2.09. The second kappa shape index (κ2) is 3.98. The highest BCUT2D eigenvalue weighted by Crippen LogP contribution is 2.24. The highest BCUT2D eigenvalue weighted by atomic mass is 16.4. The second-order valence-electron chi connectivity index (χ2n) is 2.80. The van der Waals surface area contributed by atoms with Gasteiger partial charge in [-0.3, -0.25) is 4.79 Å². The van der Waals surface area contributed by atoms with Gasteiger partial charge in [0.1, 0.15) is 5.75 Å². The van der Waals surface area contributed by atoms with Crippen molar-refractivity contribution in [1.29, 1.82) is 0 Å². The van der Waals surface area contributed by atoms with E-state index in [1.54, 1.807) is 12.1 Å². The quantitative estimate of drug-likeness (QED) is 0.690. The Kier molecular flexibility index (Phi) is 2.95. The summed E-state index contributed by atoms with van der Waals surface area (Å²) in [7, 11) is 5.03. The van der Waals surface area contributed by atoms with E-state index in [2.05, 4.69) is 9.97 Å². The topological polar surface area (TPSA) is 38.3 Å². The number of benzene rings is 1. The van der Waals surface area contributed by atoms with E-state index >= 15 is 0 Å². The van der Waals surface area contributed by atoms with Gasteiger partial charge in [0.05, 0.1) is 5.69 Å². The largest absolute Gasteiger partial charge is 0.566 e. The predicted octanol–water partition coefficient (Wildman–Crippen LogP) is 1.42. The Balaban J connectivity index is 3.01. The fourth-order valence-corrected chi connectivity index (χ4v) is 1.03. The van der Waals surface area contributed by atoms with Gasteiger partial charge in [0.25, 0.3) is 0 Å². The molecule has 13 heavy (non-hydrogen) atoms. The molecule has 0 aliphatic carbocycles. The van der Waals surface area contributed by atoms with Crippen molar-refractivity contribution < 1.29 is 9.45 Å². The van der Waals surface area contributed by atoms with E-state index in [-0.39, 0.29) is 5.91 Å². The molecule has 1 aromatic rings. The van der Waals surface area contributed by atoms with Gasteiger partial charge in [-0.1, -0.05) is 6.07 Å². The molecular formula is C9H10BNO2. The van der Waals surface area contributed by atoms with E-state index in [1.807, 2.05) is 13.0 Å². The molecule has 0 aliphatic heterocycles. The molecule has 0 atom stereocenters. The van der Waals surface area contributed by atoms with Crippen LogP contribution in [0.3, 0.4) is 0 Å². The van der Waals surface area contributed by atoms with Crippen molar-refractivity contribution in [2.24, 2.45) is 0 Å². The number of carbonyl (C=O) groups excluding carboxylic acids is 1. The molecule has 0 spiro atoms. The van der Waals surface area contributed by atoms with Gasteiger partial charge in [-0.15, -0.1) is 0 Å². The number of rotatable bonds is 2. The lowest BCUT2D eigenvalue weighted by atomic mass is 10.2. The maximum absolute atomic E-state index is 10.8. The SMILES string of the molecule is [B]Oc1ccc(C)cc1NC(C)=O. The van der Waals surface area contributed by atoms with E-state index in [1.165, 1.54) is 6.92 Å². The van der Waals surface area contributed by atoms with Crippen LogP contribution in [-0.2, 0) is 4.79 Å². The molecule has 3 nitrogen and oxygen atoms in total. The molecule has 0 saturated carbocycles. The molecule has 0 aromatic heterocycles. The van der Waals surface area contributed by atoms with Crippen LogP contribution in [0.5, 0.6) is 5.75 Å². The van der Waals surface area contributed by atoms with Crippen LogP contribution in [0.2, 0.25) is 0 Å². The maximum atomic E-state index is 10.8. The molecule has 1 rings (SSSR count). The van der Waals surface area contributed by atoms with Crippen LogP contribution in [0.4, 0.5) is 5.69 Å². The van der Waals surface area contributed by atoms with E-state index in [0.717, 1.165) is 5.56 Å². The molecule has 0 fully saturated rings. The number of nitrogens with one attached hydrogen (secondary N) is 1. The monoisotopic (exact) mass is 175 g/mol. The average Bonchev–Trinajstić information content (AvgIpc) is 2.03. The average molecular weight is 175 g/mol. The summed E-state index contributed by atoms with van der Waals surface area (Å²) in [5.41, 5.74) is 1.62. The third-order valence-electron chi connectivity index (χ3n) is 1.57. The van der Waals surface area contributed by atoms with Crippen LogP contribution in [0.15, 0.2) is 18.2 Å². The molecule has 0 saturated heterocycles. The van der Waals surface area contributed by atoms with Crippen LogP contribution in [0.1, 0.15) is 12.5 Å². The smallest absolute Gasteiger partial charge is 0.374 e. The first-order valence-corrected chi connectivity index (χ1v) is 3.88. The standard InChI is InChI=1S/C9H10BNO2/c1-6-3-4-9(13-10)8(5-6)11-7(2)12/h3-5H,1-2H3,(H,11,12). The Labute approximate surface area is 78.5 Å². The summed E-state index contributed by atoms with van der Waals surface area (Å²) in [6.45, 7) is 3.36. The van der Waals surface area contributed by atoms with Crippen LogP contribution < -0.4 is 9.97 Å². The van der Waals surface area contributed by atoms with Crippen molar-refractivity contribution in [3.8, 4) is 5.75 Å². The van der Waals surface area contributed by atoms with Gasteiger partial charge >= 0.3 is 8.05 Å². The minimum atomic E-state index is -0.149. The summed E-state index contributed by atoms with van der Waals surface area (Å²) in [6, 6.07) is 5.36. The van der Waals surface area contributed by atoms with Gasteiger partial charge in [0.15, 0.2) is 0 Å². The highest BCUT2D eigenvalue weighted by Gasteiger charge is 2.03. The van der Waals surface area contributed by atoms with Gasteiger partial charge < -0.3 is 9.97 Å². The molecule has 2 radical (unpaired) electrons. The summed E-state index contributed by atoms with van der Waals surface area (Å²) in [4.78, 5) is 10.8. The summed E-state index contributed by atoms with van der Waals surface area (Å²) >= 11 is 0. The number of amides is 1. The Hall–Kier alpha value is -1.45. The number of anilines is 1. The van der Waals surface area contributed by atoms with Crippen LogP contribution >= 0.6 is 0 Å². The lowest BCUT2D eigenvalue weighted by molar-refractivity contribution is -0.114. The zero-order valence-electron chi connectivity index (χ0n) is 7.63. The summed E-state index contributed by atoms with van der Waals surface area (Å²) in [5.74, 6) is 0.310. The number of hydrogen-bond donors (Lipinski definition) is 1. The van der Waals surface area contributed by atoms with Crippen molar-refractivity contribution in [1.82, 2.24) is 0 Å². The fraction of sp³-hybridized carbons (Fsp3) is 0.222. The molecule has 0 unspecified atom stereocenters. The van der Waals surface area contributed by atoms with E-state index in [9.17, 15) is 4.79 Å². The first-order valence-electron chi connectivity index (χ1n) is 3.88. The molecule has 1 amide bonds. The number of aryl methyl sites for hydroxylation is 1. The van der Waals surface area contributed by atoms with Gasteiger partial charge in [-0.2, -0.15) is 0 Å². The molecular weight excluding hydrogens is 165 g/mol. The van der Waals surface area contributed by atoms with Crippen LogP contribution in [0.25, 0.3) is 0 Å². The first kappa shape index (κ1) is 9.64. The Morgan fingerprint density at radius 3 is 2.77 bits per heavy atom. The van der Waals surface area contributed by atoms with Gasteiger partial charge in [-0.05, 0) is 24.6 Å². The lowest BCUT2D eigenvalue weighted by Crippen LogP contribution is -2.07. The zero-order valence-corrected chi connectivity index (χ0v) is 7.63. The van der Waals surface area contributed by atoms with Crippen molar-refractivity contribution in [2.75, 3.05) is 5.32 Å². The summed E-state index contributed by atoms with van der Waals surface area (Å²) in [5, 5.41) is 2.62. The number of hydrogen-bond acceptors (Lipinski definition) is 2. The van der Waals surface area contributed by atoms with E-state index in [0.29, 0.717) is 11.4 Å². The molecule has 66 valence electrons. The van der Waals surface area contributed by atoms with Crippen molar-refractivity contribution in [3.63, 3.8) is 0 Å². The Bertz CT molecular complexity index is 325. The van der Waals surface area contributed by atoms with Crippen molar-refractivity contribution in [2.45, 2.75) is 13.8 Å². The summed E-state index contributed by atoms with van der Waals surface area (Å²) in [6.07, 6.45) is 0. The fourth-order valence-electron chi connectivity index (χ4n) is 1.03. The molecule has 1 N–H and O–H groups in total. The first-order chi connectivity index (χ1) is 6.13. The van der Waals surface area contributed by atoms with E-state index < -0.39 is 0 Å². The predicted molar refractivity (Wildman–Crippen MR) is 51.9 cm³/mol. The zero-order chi connectivity index (χ0) is 9.84. The van der Waals surface area contributed by atoms with Crippen molar-refractivity contribution >= 4 is 19.6 Å². The van der Waals surface area contributed by atoms with Gasteiger partial charge in [0, 0.05) is 6.92 Å². The highest BCUT2D eigenvalue weighted by molar-refractivity contribution is 6.01. The third kappa shape index (κ3) is 2.51. The van der Waals surface area contributed by atoms with Gasteiger partial charge in [-0.25, -0.2) is 0 Å². The van der Waals surface area contributed by atoms with E-state index in [4.69, 9.17) is 8.05 Å². The maximum Gasteiger partial charge on any atom is 0.374 e. The second-order valence-corrected chi connectivity index (χ2v) is 2.80. The van der Waals surface area contributed by atoms with Crippen LogP contribution in [0, 0.1) is 6.92 Å². The molecule has 0 heterocycles. The molecule has 0 bridgehead atoms. The summed E-state index contributed by atoms with van der Waals surface area (Å²) < 4.78 is 4.59. The Morgan fingerprint density at radius 2 is 2.23 bits per heavy atom. The minimum Gasteiger partial charge on any atom is -0.566 e. The molecule has 0 aliphatic rings. The number of carbonyl (C=O) groups is 1. The molecule has 1 aromatic carbocycles. The van der Waals surface area contributed by atoms with Crippen LogP contribution in [-0.4, -0.2) is 14.0 Å².